The summed E-state index contributed by atoms with van der Waals surface area (Å²) in [5, 5.41) is 17.9. The Morgan fingerprint density at radius 2 is 2.29 bits per heavy atom. The number of rotatable bonds is 1. The molecule has 0 saturated carbocycles. The van der Waals surface area contributed by atoms with E-state index in [1.807, 2.05) is 0 Å². The van der Waals surface area contributed by atoms with Gasteiger partial charge in [0.1, 0.15) is 0 Å². The molecule has 0 radical (unpaired) electrons. The van der Waals surface area contributed by atoms with Gasteiger partial charge in [0.15, 0.2) is 5.69 Å². The predicted molar refractivity (Wildman–Crippen MR) is 44.4 cm³/mol. The van der Waals surface area contributed by atoms with E-state index in [0.717, 1.165) is 16.7 Å². The monoisotopic (exact) mass is 195 g/mol. The number of carboxylic acid groups (broad SMARTS) is 1. The maximum atomic E-state index is 10.9. The number of aromatic amines is 1. The maximum absolute atomic E-state index is 10.9. The van der Waals surface area contributed by atoms with Crippen molar-refractivity contribution in [3.63, 3.8) is 0 Å². The Morgan fingerprint density at radius 3 is 2.93 bits per heavy atom. The van der Waals surface area contributed by atoms with Crippen LogP contribution in [0.4, 0.5) is 0 Å². The maximum Gasteiger partial charge on any atom is 0.356 e. The predicted octanol–water partition coefficient (Wildman–Crippen LogP) is -0.574. The zero-order valence-corrected chi connectivity index (χ0v) is 6.76. The number of hydrogen-bond donors (Lipinski definition) is 3. The SMILES string of the molecule is O=C(O)c1cn2c(O)cc(=O)[nH]c2n1. The number of carbonyl (C=O) groups is 1. The number of nitrogens with zero attached hydrogens (tertiary/aromatic N) is 2. The van der Waals surface area contributed by atoms with Crippen molar-refractivity contribution < 1.29 is 15.0 Å². The van der Waals surface area contributed by atoms with Crippen molar-refractivity contribution in [3.8, 4) is 5.88 Å². The van der Waals surface area contributed by atoms with E-state index in [-0.39, 0.29) is 17.4 Å². The lowest BCUT2D eigenvalue weighted by atomic mass is 10.5. The van der Waals surface area contributed by atoms with Crippen LogP contribution in [0.25, 0.3) is 5.78 Å². The van der Waals surface area contributed by atoms with E-state index in [1.165, 1.54) is 0 Å². The van der Waals surface area contributed by atoms with Crippen LogP contribution in [0, 0.1) is 0 Å². The van der Waals surface area contributed by atoms with Crippen LogP contribution < -0.4 is 5.56 Å². The van der Waals surface area contributed by atoms with Crippen molar-refractivity contribution >= 4 is 11.7 Å². The topological polar surface area (TPSA) is 108 Å². The number of imidazole rings is 1. The van der Waals surface area contributed by atoms with Gasteiger partial charge >= 0.3 is 5.97 Å². The Bertz CT molecular complexity index is 568. The molecule has 0 spiro atoms. The Balaban J connectivity index is 2.83. The Labute approximate surface area is 76.3 Å². The molecule has 3 N–H and O–H groups in total. The summed E-state index contributed by atoms with van der Waals surface area (Å²) in [6.45, 7) is 0. The zero-order chi connectivity index (χ0) is 10.3. The fraction of sp³-hybridized carbons (Fsp3) is 0. The molecule has 2 heterocycles. The Hall–Kier alpha value is -2.31. The van der Waals surface area contributed by atoms with E-state index in [9.17, 15) is 14.7 Å². The first-order valence-electron chi connectivity index (χ1n) is 3.62. The van der Waals surface area contributed by atoms with Gasteiger partial charge in [-0.25, -0.2) is 9.78 Å². The van der Waals surface area contributed by atoms with E-state index in [4.69, 9.17) is 5.11 Å². The molecule has 0 aliphatic heterocycles. The third kappa shape index (κ3) is 1.11. The van der Waals surface area contributed by atoms with Gasteiger partial charge < -0.3 is 10.2 Å². The van der Waals surface area contributed by atoms with Crippen molar-refractivity contribution in [2.24, 2.45) is 0 Å². The molecule has 0 fully saturated rings. The minimum Gasteiger partial charge on any atom is -0.494 e. The van der Waals surface area contributed by atoms with Gasteiger partial charge in [-0.15, -0.1) is 0 Å². The molecular formula is C7H5N3O4. The molecule has 2 rings (SSSR count). The molecule has 72 valence electrons. The van der Waals surface area contributed by atoms with Crippen LogP contribution in [0.2, 0.25) is 0 Å². The Morgan fingerprint density at radius 1 is 1.57 bits per heavy atom. The molecule has 0 unspecified atom stereocenters. The first kappa shape index (κ1) is 8.30. The summed E-state index contributed by atoms with van der Waals surface area (Å²) in [5.74, 6) is -1.59. The molecule has 0 aliphatic rings. The number of nitrogens with one attached hydrogen (secondary N) is 1. The molecule has 0 amide bonds. The van der Waals surface area contributed by atoms with Crippen LogP contribution in [0.1, 0.15) is 10.5 Å². The number of hydrogen-bond acceptors (Lipinski definition) is 4. The average Bonchev–Trinajstić information content (AvgIpc) is 2.47. The molecule has 0 bridgehead atoms. The van der Waals surface area contributed by atoms with Gasteiger partial charge in [0.25, 0.3) is 5.56 Å². The molecule has 7 heteroatoms. The van der Waals surface area contributed by atoms with Gasteiger partial charge in [0.05, 0.1) is 6.07 Å². The van der Waals surface area contributed by atoms with Crippen LogP contribution in [-0.4, -0.2) is 30.6 Å². The summed E-state index contributed by atoms with van der Waals surface area (Å²) in [6, 6.07) is 0.931. The quantitative estimate of drug-likeness (QED) is 0.564. The standard InChI is InChI=1S/C7H5N3O4/c11-4-1-5(12)10-2-3(6(13)14)8-7(10)9-4/h1-2,12H,(H,13,14)(H,8,9,11). The summed E-state index contributed by atoms with van der Waals surface area (Å²) in [4.78, 5) is 27.2. The molecule has 14 heavy (non-hydrogen) atoms. The first-order valence-corrected chi connectivity index (χ1v) is 3.62. The van der Waals surface area contributed by atoms with Crippen molar-refractivity contribution in [3.05, 3.63) is 28.3 Å². The highest BCUT2D eigenvalue weighted by atomic mass is 16.4. The van der Waals surface area contributed by atoms with Gasteiger partial charge in [-0.2, -0.15) is 0 Å². The molecule has 0 aliphatic carbocycles. The molecule has 2 aromatic heterocycles. The highest BCUT2D eigenvalue weighted by Crippen LogP contribution is 2.08. The van der Waals surface area contributed by atoms with Gasteiger partial charge in [0, 0.05) is 6.20 Å². The molecular weight excluding hydrogens is 190 g/mol. The summed E-state index contributed by atoms with van der Waals surface area (Å²) in [5.41, 5.74) is -0.792. The molecule has 2 aromatic rings. The normalized spacial score (nSPS) is 10.6. The zero-order valence-electron chi connectivity index (χ0n) is 6.76. The molecule has 0 atom stereocenters. The van der Waals surface area contributed by atoms with Gasteiger partial charge in [-0.3, -0.25) is 14.2 Å². The number of H-pyrrole nitrogens is 1. The second-order valence-corrected chi connectivity index (χ2v) is 2.62. The number of fused-ring (bicyclic) bond motifs is 1. The lowest BCUT2D eigenvalue weighted by molar-refractivity contribution is 0.0691. The lowest BCUT2D eigenvalue weighted by Gasteiger charge is -1.94. The third-order valence-corrected chi connectivity index (χ3v) is 1.67. The number of carboxylic acids is 1. The van der Waals surface area contributed by atoms with Gasteiger partial charge in [-0.05, 0) is 0 Å². The average molecular weight is 195 g/mol. The summed E-state index contributed by atoms with van der Waals surface area (Å²) in [6.07, 6.45) is 1.11. The summed E-state index contributed by atoms with van der Waals surface area (Å²) in [7, 11) is 0. The third-order valence-electron chi connectivity index (χ3n) is 1.67. The fourth-order valence-corrected chi connectivity index (χ4v) is 1.08. The Kier molecular flexibility index (Phi) is 1.53. The highest BCUT2D eigenvalue weighted by Gasteiger charge is 2.11. The molecule has 0 aromatic carbocycles. The van der Waals surface area contributed by atoms with E-state index in [2.05, 4.69) is 9.97 Å². The minimum absolute atomic E-state index is 0.00704. The fourth-order valence-electron chi connectivity index (χ4n) is 1.08. The molecule has 7 nitrogen and oxygen atoms in total. The van der Waals surface area contributed by atoms with E-state index >= 15 is 0 Å². The van der Waals surface area contributed by atoms with Crippen LogP contribution in [0.3, 0.4) is 0 Å². The van der Waals surface area contributed by atoms with Gasteiger partial charge in [0.2, 0.25) is 11.7 Å². The summed E-state index contributed by atoms with van der Waals surface area (Å²) < 4.78 is 1.07. The molecule has 0 saturated heterocycles. The number of aromatic nitrogens is 3. The van der Waals surface area contributed by atoms with Crippen molar-refractivity contribution in [1.82, 2.24) is 14.4 Å². The van der Waals surface area contributed by atoms with Crippen molar-refractivity contribution in [1.29, 1.82) is 0 Å². The minimum atomic E-state index is -1.23. The first-order chi connectivity index (χ1) is 6.58. The smallest absolute Gasteiger partial charge is 0.356 e. The van der Waals surface area contributed by atoms with Crippen molar-refractivity contribution in [2.45, 2.75) is 0 Å². The number of aromatic hydroxyl groups is 1. The van der Waals surface area contributed by atoms with E-state index in [1.54, 1.807) is 0 Å². The van der Waals surface area contributed by atoms with Crippen LogP contribution in [0.15, 0.2) is 17.1 Å². The largest absolute Gasteiger partial charge is 0.494 e. The van der Waals surface area contributed by atoms with Crippen molar-refractivity contribution in [2.75, 3.05) is 0 Å². The second-order valence-electron chi connectivity index (χ2n) is 2.62. The second kappa shape index (κ2) is 2.59. The van der Waals surface area contributed by atoms with Crippen LogP contribution in [-0.2, 0) is 0 Å². The summed E-state index contributed by atoms with van der Waals surface area (Å²) >= 11 is 0. The van der Waals surface area contributed by atoms with Gasteiger partial charge in [-0.1, -0.05) is 0 Å². The van der Waals surface area contributed by atoms with Crippen LogP contribution >= 0.6 is 0 Å². The van der Waals surface area contributed by atoms with E-state index in [0.29, 0.717) is 0 Å². The van der Waals surface area contributed by atoms with E-state index < -0.39 is 11.5 Å². The number of aromatic carboxylic acids is 1. The lowest BCUT2D eigenvalue weighted by Crippen LogP contribution is -2.06. The highest BCUT2D eigenvalue weighted by molar-refractivity contribution is 5.85. The van der Waals surface area contributed by atoms with Crippen LogP contribution in [0.5, 0.6) is 5.88 Å².